The fourth-order valence-corrected chi connectivity index (χ4v) is 7.79. The number of carbonyl (C=O) groups is 1. The van der Waals surface area contributed by atoms with Crippen molar-refractivity contribution in [3.8, 4) is 0 Å². The summed E-state index contributed by atoms with van der Waals surface area (Å²) in [5.74, 6) is 0.196. The predicted molar refractivity (Wildman–Crippen MR) is 137 cm³/mol. The van der Waals surface area contributed by atoms with Crippen LogP contribution in [-0.4, -0.2) is 51.2 Å². The van der Waals surface area contributed by atoms with E-state index in [1.165, 1.54) is 18.0 Å². The minimum Gasteiger partial charge on any atom is -0.342 e. The predicted octanol–water partition coefficient (Wildman–Crippen LogP) is 4.86. The second kappa shape index (κ2) is 9.56. The molecule has 2 bridgehead atoms. The van der Waals surface area contributed by atoms with Gasteiger partial charge in [0, 0.05) is 50.0 Å². The fourth-order valence-electron chi connectivity index (χ4n) is 5.10. The van der Waals surface area contributed by atoms with Crippen molar-refractivity contribution in [2.45, 2.75) is 38.8 Å². The van der Waals surface area contributed by atoms with Crippen molar-refractivity contribution in [2.24, 2.45) is 0 Å². The van der Waals surface area contributed by atoms with Gasteiger partial charge >= 0.3 is 6.18 Å². The summed E-state index contributed by atoms with van der Waals surface area (Å²) in [5, 5.41) is 2.78. The van der Waals surface area contributed by atoms with Gasteiger partial charge in [-0.05, 0) is 24.8 Å². The molecule has 0 unspecified atom stereocenters. The molecule has 5 rings (SSSR count). The van der Waals surface area contributed by atoms with Gasteiger partial charge in [-0.2, -0.15) is 13.2 Å². The summed E-state index contributed by atoms with van der Waals surface area (Å²) in [6.45, 7) is 5.74. The highest BCUT2D eigenvalue weighted by Gasteiger charge is 2.44. The second-order valence-electron chi connectivity index (χ2n) is 9.51. The number of pyridine rings is 1. The van der Waals surface area contributed by atoms with Crippen molar-refractivity contribution in [3.63, 3.8) is 0 Å². The van der Waals surface area contributed by atoms with Gasteiger partial charge in [-0.15, -0.1) is 0 Å². The van der Waals surface area contributed by atoms with Crippen LogP contribution in [0.5, 0.6) is 0 Å². The van der Waals surface area contributed by atoms with E-state index in [-0.39, 0.29) is 48.0 Å². The molecule has 1 amide bonds. The summed E-state index contributed by atoms with van der Waals surface area (Å²) < 4.78 is 58.1. The monoisotopic (exact) mass is 529 g/mol. The van der Waals surface area contributed by atoms with Crippen LogP contribution in [0.25, 0.3) is 16.6 Å². The van der Waals surface area contributed by atoms with Crippen LogP contribution < -0.4 is 10.8 Å². The molecule has 0 aliphatic carbocycles. The molecule has 7 nitrogen and oxygen atoms in total. The second-order valence-corrected chi connectivity index (χ2v) is 12.6. The molecule has 0 atom stereocenters. The average Bonchev–Trinajstić information content (AvgIpc) is 2.87. The largest absolute Gasteiger partial charge is 0.419 e. The number of aromatic nitrogens is 3. The molecule has 37 heavy (non-hydrogen) atoms. The smallest absolute Gasteiger partial charge is 0.342 e. The van der Waals surface area contributed by atoms with E-state index in [4.69, 9.17) is 0 Å². The van der Waals surface area contributed by atoms with Crippen LogP contribution >= 0.6 is 7.14 Å². The first-order valence-electron chi connectivity index (χ1n) is 12.2. The number of aryl methyl sites for hydroxylation is 2. The van der Waals surface area contributed by atoms with E-state index in [0.717, 1.165) is 30.4 Å². The number of carbonyl (C=O) groups excluding carboxylic acids is 1. The highest BCUT2D eigenvalue weighted by molar-refractivity contribution is 7.71. The quantitative estimate of drug-likeness (QED) is 0.454. The lowest BCUT2D eigenvalue weighted by Gasteiger charge is -2.32. The number of hydrogen-bond acceptors (Lipinski definition) is 6. The molecule has 11 heteroatoms. The zero-order valence-electron chi connectivity index (χ0n) is 20.4. The molecule has 1 N–H and O–H groups in total. The van der Waals surface area contributed by atoms with Crippen molar-refractivity contribution in [1.82, 2.24) is 19.9 Å². The molecule has 1 fully saturated rings. The van der Waals surface area contributed by atoms with E-state index >= 15 is 0 Å². The maximum atomic E-state index is 14.7. The zero-order chi connectivity index (χ0) is 26.4. The number of rotatable bonds is 1. The molecule has 0 spiro atoms. The van der Waals surface area contributed by atoms with Crippen LogP contribution in [0.3, 0.4) is 0 Å². The standard InChI is InChI=1S/C26H27F3N5O2P/c1-16-19-9-5-3-7-18(19)8-4-6-10-21-32-20-15-30-25(37(36)13-11-34(12-14-37)17(2)35)23(26(27,28)29)22(20)24(31-16)33-21/h3,5,7,9,15H,1,4,6,8,10-14H2,2H3,(H,31,32,33). The first kappa shape index (κ1) is 25.4. The number of benzene rings is 1. The number of hydrogen-bond donors (Lipinski definition) is 1. The van der Waals surface area contributed by atoms with Gasteiger partial charge in [-0.1, -0.05) is 30.8 Å². The zero-order valence-corrected chi connectivity index (χ0v) is 21.3. The number of anilines is 1. The molecule has 3 aromatic rings. The molecule has 4 heterocycles. The summed E-state index contributed by atoms with van der Waals surface area (Å²) in [4.78, 5) is 26.3. The Morgan fingerprint density at radius 2 is 1.81 bits per heavy atom. The third-order valence-electron chi connectivity index (χ3n) is 7.05. The molecule has 1 aromatic carbocycles. The van der Waals surface area contributed by atoms with Crippen LogP contribution in [0.4, 0.5) is 19.0 Å². The van der Waals surface area contributed by atoms with Gasteiger partial charge in [0.2, 0.25) is 5.91 Å². The Bertz CT molecular complexity index is 1440. The SMILES string of the molecule is C=C1Nc2nc(nc3cnc(P4(=O)CCN(C(C)=O)CC4)c(C(F)(F)F)c23)CCCCc2ccccc21. The Hall–Kier alpha value is -3.26. The van der Waals surface area contributed by atoms with Gasteiger partial charge in [-0.3, -0.25) is 9.78 Å². The molecule has 2 aliphatic rings. The lowest BCUT2D eigenvalue weighted by molar-refractivity contribution is -0.135. The van der Waals surface area contributed by atoms with E-state index in [9.17, 15) is 22.5 Å². The van der Waals surface area contributed by atoms with Crippen molar-refractivity contribution in [1.29, 1.82) is 0 Å². The topological polar surface area (TPSA) is 88.1 Å². The Morgan fingerprint density at radius 1 is 1.11 bits per heavy atom. The molecular formula is C26H27F3N5O2P. The third-order valence-corrected chi connectivity index (χ3v) is 10.0. The van der Waals surface area contributed by atoms with Gasteiger partial charge < -0.3 is 14.8 Å². The van der Waals surface area contributed by atoms with Crippen molar-refractivity contribution in [2.75, 3.05) is 30.7 Å². The summed E-state index contributed by atoms with van der Waals surface area (Å²) in [7, 11) is -3.55. The van der Waals surface area contributed by atoms with Crippen LogP contribution in [0.1, 0.15) is 42.3 Å². The average molecular weight is 530 g/mol. The van der Waals surface area contributed by atoms with E-state index < -0.39 is 24.3 Å². The molecule has 2 aliphatic heterocycles. The van der Waals surface area contributed by atoms with Crippen molar-refractivity contribution < 1.29 is 22.5 Å². The summed E-state index contributed by atoms with van der Waals surface area (Å²) in [6.07, 6.45) is -0.771. The molecular weight excluding hydrogens is 502 g/mol. The Labute approximate surface area is 212 Å². The minimum absolute atomic E-state index is 0.0216. The number of nitrogens with one attached hydrogen (secondary N) is 1. The highest BCUT2D eigenvalue weighted by Crippen LogP contribution is 2.50. The van der Waals surface area contributed by atoms with Gasteiger partial charge in [0.05, 0.1) is 22.7 Å². The fraction of sp³-hybridized carbons (Fsp3) is 0.385. The molecule has 0 radical (unpaired) electrons. The maximum Gasteiger partial charge on any atom is 0.419 e. The maximum absolute atomic E-state index is 14.7. The van der Waals surface area contributed by atoms with E-state index in [1.54, 1.807) is 0 Å². The highest BCUT2D eigenvalue weighted by atomic mass is 31.2. The first-order valence-corrected chi connectivity index (χ1v) is 14.3. The van der Waals surface area contributed by atoms with Crippen molar-refractivity contribution >= 4 is 40.9 Å². The Kier molecular flexibility index (Phi) is 6.56. The first-order chi connectivity index (χ1) is 17.6. The minimum atomic E-state index is -4.86. The molecule has 194 valence electrons. The lowest BCUT2D eigenvalue weighted by Crippen LogP contribution is -2.41. The van der Waals surface area contributed by atoms with Crippen LogP contribution in [-0.2, 0) is 28.4 Å². The van der Waals surface area contributed by atoms with Gasteiger partial charge in [0.25, 0.3) is 0 Å². The van der Waals surface area contributed by atoms with E-state index in [0.29, 0.717) is 17.9 Å². The number of amides is 1. The van der Waals surface area contributed by atoms with E-state index in [2.05, 4.69) is 26.8 Å². The van der Waals surface area contributed by atoms with Crippen LogP contribution in [0.2, 0.25) is 0 Å². The summed E-state index contributed by atoms with van der Waals surface area (Å²) in [6, 6.07) is 7.65. The number of halogens is 3. The molecule has 2 aromatic heterocycles. The normalized spacial score (nSPS) is 18.1. The Balaban J connectivity index is 1.70. The van der Waals surface area contributed by atoms with E-state index in [1.807, 2.05) is 24.3 Å². The van der Waals surface area contributed by atoms with Gasteiger partial charge in [0.15, 0.2) is 0 Å². The number of alkyl halides is 3. The molecule has 1 saturated heterocycles. The van der Waals surface area contributed by atoms with Gasteiger partial charge in [-0.25, -0.2) is 9.97 Å². The molecule has 0 saturated carbocycles. The number of fused-ring (bicyclic) bond motifs is 5. The summed E-state index contributed by atoms with van der Waals surface area (Å²) >= 11 is 0. The summed E-state index contributed by atoms with van der Waals surface area (Å²) in [5.41, 5.74) is 0.784. The van der Waals surface area contributed by atoms with Crippen LogP contribution in [0, 0.1) is 0 Å². The van der Waals surface area contributed by atoms with Crippen molar-refractivity contribution in [3.05, 3.63) is 59.6 Å². The Morgan fingerprint density at radius 3 is 2.51 bits per heavy atom. The number of nitrogens with zero attached hydrogens (tertiary/aromatic N) is 4. The van der Waals surface area contributed by atoms with Crippen LogP contribution in [0.15, 0.2) is 37.0 Å². The lowest BCUT2D eigenvalue weighted by atomic mass is 9.99. The third kappa shape index (κ3) is 4.87. The van der Waals surface area contributed by atoms with Gasteiger partial charge in [0.1, 0.15) is 24.2 Å².